The molecule has 0 aliphatic carbocycles. The van der Waals surface area contributed by atoms with Crippen LogP contribution in [-0.4, -0.2) is 34.4 Å². The van der Waals surface area contributed by atoms with E-state index >= 15 is 0 Å². The summed E-state index contributed by atoms with van der Waals surface area (Å²) < 4.78 is 5.32. The van der Waals surface area contributed by atoms with E-state index in [4.69, 9.17) is 16.0 Å². The van der Waals surface area contributed by atoms with Crippen LogP contribution in [0.25, 0.3) is 33.5 Å². The maximum absolute atomic E-state index is 12.4. The molecule has 0 spiro atoms. The average molecular weight is 397 g/mol. The third-order valence-corrected chi connectivity index (χ3v) is 4.82. The molecule has 2 N–H and O–H groups in total. The maximum Gasteiger partial charge on any atom is 0.265 e. The van der Waals surface area contributed by atoms with Gasteiger partial charge in [0.15, 0.2) is 0 Å². The smallest absolute Gasteiger partial charge is 0.265 e. The highest BCUT2D eigenvalue weighted by Crippen LogP contribution is 2.37. The molecule has 4 aromatic rings. The number of aryl methyl sites for hydroxylation is 1. The highest BCUT2D eigenvalue weighted by Gasteiger charge is 2.20. The summed E-state index contributed by atoms with van der Waals surface area (Å²) in [6.07, 6.45) is 0. The zero-order valence-corrected chi connectivity index (χ0v) is 16.2. The lowest BCUT2D eigenvalue weighted by molar-refractivity contribution is 0.475. The van der Waals surface area contributed by atoms with Crippen molar-refractivity contribution in [3.05, 3.63) is 57.7 Å². The molecule has 4 rings (SSSR count). The fourth-order valence-electron chi connectivity index (χ4n) is 3.06. The second-order valence-electron chi connectivity index (χ2n) is 6.62. The van der Waals surface area contributed by atoms with Gasteiger partial charge >= 0.3 is 0 Å². The van der Waals surface area contributed by atoms with Gasteiger partial charge < -0.3 is 19.4 Å². The normalized spacial score (nSPS) is 11.1. The van der Waals surface area contributed by atoms with Crippen molar-refractivity contribution in [2.24, 2.45) is 0 Å². The maximum atomic E-state index is 12.4. The number of aromatic nitrogens is 3. The highest BCUT2D eigenvalue weighted by atomic mass is 35.5. The van der Waals surface area contributed by atoms with Crippen LogP contribution in [0.2, 0.25) is 5.02 Å². The van der Waals surface area contributed by atoms with Crippen LogP contribution in [0.5, 0.6) is 5.75 Å². The number of hydrogen-bond donors (Lipinski definition) is 2. The standard InChI is InChI=1S/C20H17ClN4O3/c1-10-23-24-20(28-10)17-18(26)14-8-13(15(21)9-16(14)22-19(17)27)11-4-6-12(7-5-11)25(2)3/h4-9H,1-3H3,(H2,22,26,27). The van der Waals surface area contributed by atoms with Gasteiger partial charge in [-0.05, 0) is 29.8 Å². The number of nitrogens with zero attached hydrogens (tertiary/aromatic N) is 3. The third kappa shape index (κ3) is 2.99. The average Bonchev–Trinajstić information content (AvgIpc) is 3.07. The van der Waals surface area contributed by atoms with E-state index in [9.17, 15) is 9.90 Å². The van der Waals surface area contributed by atoms with Gasteiger partial charge in [-0.2, -0.15) is 0 Å². The summed E-state index contributed by atoms with van der Waals surface area (Å²) in [5, 5.41) is 19.2. The number of rotatable bonds is 3. The topological polar surface area (TPSA) is 95.3 Å². The molecule has 2 aromatic heterocycles. The Labute approximate surface area is 165 Å². The molecule has 0 saturated heterocycles. The van der Waals surface area contributed by atoms with Crippen LogP contribution >= 0.6 is 11.6 Å². The van der Waals surface area contributed by atoms with Crippen molar-refractivity contribution >= 4 is 28.2 Å². The third-order valence-electron chi connectivity index (χ3n) is 4.51. The van der Waals surface area contributed by atoms with E-state index in [1.165, 1.54) is 0 Å². The molecule has 0 fully saturated rings. The van der Waals surface area contributed by atoms with Gasteiger partial charge in [-0.3, -0.25) is 4.79 Å². The van der Waals surface area contributed by atoms with Gasteiger partial charge in [0.25, 0.3) is 11.4 Å². The van der Waals surface area contributed by atoms with Crippen LogP contribution in [0.1, 0.15) is 5.89 Å². The lowest BCUT2D eigenvalue weighted by Gasteiger charge is -2.14. The predicted octanol–water partition coefficient (Wildman–Crippen LogP) is 3.98. The Kier molecular flexibility index (Phi) is 4.31. The van der Waals surface area contributed by atoms with Crippen LogP contribution in [0.15, 0.2) is 45.6 Å². The molecule has 0 unspecified atom stereocenters. The van der Waals surface area contributed by atoms with Gasteiger partial charge in [0.05, 0.1) is 10.5 Å². The van der Waals surface area contributed by atoms with Crippen molar-refractivity contribution < 1.29 is 9.52 Å². The molecule has 0 atom stereocenters. The number of fused-ring (bicyclic) bond motifs is 1. The second-order valence-corrected chi connectivity index (χ2v) is 7.03. The van der Waals surface area contributed by atoms with Gasteiger partial charge in [-0.1, -0.05) is 23.7 Å². The molecule has 2 aromatic carbocycles. The molecular weight excluding hydrogens is 380 g/mol. The molecule has 8 heteroatoms. The van der Waals surface area contributed by atoms with Gasteiger partial charge in [0, 0.05) is 37.7 Å². The zero-order valence-electron chi connectivity index (χ0n) is 15.4. The van der Waals surface area contributed by atoms with Crippen molar-refractivity contribution in [2.75, 3.05) is 19.0 Å². The number of aromatic amines is 1. The summed E-state index contributed by atoms with van der Waals surface area (Å²) in [5.41, 5.74) is 2.49. The van der Waals surface area contributed by atoms with Crippen LogP contribution in [0.4, 0.5) is 5.69 Å². The molecule has 7 nitrogen and oxygen atoms in total. The van der Waals surface area contributed by atoms with Gasteiger partial charge in [-0.15, -0.1) is 10.2 Å². The fraction of sp³-hybridized carbons (Fsp3) is 0.150. The Balaban J connectivity index is 1.92. The summed E-state index contributed by atoms with van der Waals surface area (Å²) >= 11 is 6.45. The number of halogens is 1. The zero-order chi connectivity index (χ0) is 20.0. The molecule has 0 bridgehead atoms. The number of nitrogens with one attached hydrogen (secondary N) is 1. The number of H-pyrrole nitrogens is 1. The Hall–Kier alpha value is -3.32. The number of pyridine rings is 1. The quantitative estimate of drug-likeness (QED) is 0.544. The fourth-order valence-corrected chi connectivity index (χ4v) is 3.33. The van der Waals surface area contributed by atoms with E-state index in [1.54, 1.807) is 19.1 Å². The van der Waals surface area contributed by atoms with Crippen molar-refractivity contribution in [2.45, 2.75) is 6.92 Å². The van der Waals surface area contributed by atoms with Crippen LogP contribution in [0.3, 0.4) is 0 Å². The molecule has 28 heavy (non-hydrogen) atoms. The SMILES string of the molecule is Cc1nnc(-c2c(O)c3cc(-c4ccc(N(C)C)cc4)c(Cl)cc3[nH]c2=O)o1. The monoisotopic (exact) mass is 396 g/mol. The predicted molar refractivity (Wildman–Crippen MR) is 109 cm³/mol. The van der Waals surface area contributed by atoms with Crippen LogP contribution in [0, 0.1) is 6.92 Å². The van der Waals surface area contributed by atoms with Crippen molar-refractivity contribution in [3.8, 4) is 28.3 Å². The number of benzene rings is 2. The summed E-state index contributed by atoms with van der Waals surface area (Å²) in [6.45, 7) is 1.61. The minimum Gasteiger partial charge on any atom is -0.506 e. The minimum absolute atomic E-state index is 0.0371. The van der Waals surface area contributed by atoms with E-state index < -0.39 is 5.56 Å². The lowest BCUT2D eigenvalue weighted by Crippen LogP contribution is -2.09. The van der Waals surface area contributed by atoms with E-state index in [0.29, 0.717) is 21.8 Å². The Bertz CT molecular complexity index is 1240. The molecular formula is C20H17ClN4O3. The van der Waals surface area contributed by atoms with E-state index in [2.05, 4.69) is 15.2 Å². The van der Waals surface area contributed by atoms with Crippen molar-refractivity contribution in [3.63, 3.8) is 0 Å². The number of anilines is 1. The van der Waals surface area contributed by atoms with Gasteiger partial charge in [0.2, 0.25) is 5.89 Å². The Morgan fingerprint density at radius 2 is 1.86 bits per heavy atom. The molecule has 0 radical (unpaired) electrons. The van der Waals surface area contributed by atoms with Crippen molar-refractivity contribution in [1.82, 2.24) is 15.2 Å². The van der Waals surface area contributed by atoms with Crippen molar-refractivity contribution in [1.29, 1.82) is 0 Å². The van der Waals surface area contributed by atoms with Crippen LogP contribution in [-0.2, 0) is 0 Å². The Morgan fingerprint density at radius 3 is 2.46 bits per heavy atom. The van der Waals surface area contributed by atoms with E-state index in [1.807, 2.05) is 43.3 Å². The number of aromatic hydroxyl groups is 1. The first-order valence-corrected chi connectivity index (χ1v) is 8.89. The Morgan fingerprint density at radius 1 is 1.14 bits per heavy atom. The first-order chi connectivity index (χ1) is 13.3. The van der Waals surface area contributed by atoms with Gasteiger partial charge in [0.1, 0.15) is 11.3 Å². The van der Waals surface area contributed by atoms with Gasteiger partial charge in [-0.25, -0.2) is 0 Å². The lowest BCUT2D eigenvalue weighted by atomic mass is 10.0. The number of hydrogen-bond acceptors (Lipinski definition) is 6. The molecule has 0 amide bonds. The largest absolute Gasteiger partial charge is 0.506 e. The summed E-state index contributed by atoms with van der Waals surface area (Å²) in [4.78, 5) is 17.2. The summed E-state index contributed by atoms with van der Waals surface area (Å²) in [6, 6.07) is 11.2. The second kappa shape index (κ2) is 6.69. The highest BCUT2D eigenvalue weighted by molar-refractivity contribution is 6.34. The molecule has 0 aliphatic heterocycles. The first-order valence-electron chi connectivity index (χ1n) is 8.52. The van der Waals surface area contributed by atoms with Crippen LogP contribution < -0.4 is 10.5 Å². The molecule has 2 heterocycles. The van der Waals surface area contributed by atoms with E-state index in [-0.39, 0.29) is 17.2 Å². The first kappa shape index (κ1) is 18.1. The summed E-state index contributed by atoms with van der Waals surface area (Å²) in [5.74, 6) is 0.0295. The van der Waals surface area contributed by atoms with E-state index in [0.717, 1.165) is 16.8 Å². The minimum atomic E-state index is -0.534. The molecule has 0 saturated carbocycles. The molecule has 0 aliphatic rings. The molecule has 142 valence electrons. The summed E-state index contributed by atoms with van der Waals surface area (Å²) in [7, 11) is 3.93.